The summed E-state index contributed by atoms with van der Waals surface area (Å²) >= 11 is 0. The van der Waals surface area contributed by atoms with Gasteiger partial charge < -0.3 is 18.7 Å². The number of hydrogen-bond donors (Lipinski definition) is 1. The zero-order valence-electron chi connectivity index (χ0n) is 7.56. The molecule has 0 aromatic heterocycles. The van der Waals surface area contributed by atoms with Gasteiger partial charge in [-0.3, -0.25) is 4.79 Å². The van der Waals surface area contributed by atoms with E-state index >= 15 is 0 Å². The van der Waals surface area contributed by atoms with Gasteiger partial charge in [-0.25, -0.2) is 0 Å². The number of ether oxygens (including phenoxy) is 1. The molecule has 13 heavy (non-hydrogen) atoms. The normalized spacial score (nSPS) is 21.1. The van der Waals surface area contributed by atoms with Gasteiger partial charge in [0.1, 0.15) is 6.16 Å². The van der Waals surface area contributed by atoms with Crippen LogP contribution in [0, 0.1) is 0 Å². The highest BCUT2D eigenvalue weighted by atomic mass is 31.2. The van der Waals surface area contributed by atoms with Gasteiger partial charge in [-0.2, -0.15) is 0 Å². The fourth-order valence-corrected chi connectivity index (χ4v) is 2.48. The van der Waals surface area contributed by atoms with Crippen LogP contribution in [-0.2, 0) is 18.6 Å². The summed E-state index contributed by atoms with van der Waals surface area (Å²) in [6, 6.07) is 0. The van der Waals surface area contributed by atoms with Crippen LogP contribution in [0.15, 0.2) is 0 Å². The number of esters is 1. The van der Waals surface area contributed by atoms with Gasteiger partial charge in [-0.15, -0.1) is 0 Å². The molecule has 1 aliphatic rings. The summed E-state index contributed by atoms with van der Waals surface area (Å²) < 4.78 is 14.7. The summed E-state index contributed by atoms with van der Waals surface area (Å²) in [6.07, 6.45) is 0.589. The van der Waals surface area contributed by atoms with Crippen molar-refractivity contribution < 1.29 is 23.5 Å². The lowest BCUT2D eigenvalue weighted by molar-refractivity contribution is -0.140. The molecule has 5 nitrogen and oxygen atoms in total. The molecule has 77 valence electrons. The smallest absolute Gasteiger partial charge is 0.316 e. The predicted octanol–water partition coefficient (Wildman–Crippen LogP) is 0.741. The van der Waals surface area contributed by atoms with E-state index in [1.54, 1.807) is 6.92 Å². The first kappa shape index (κ1) is 10.9. The van der Waals surface area contributed by atoms with Gasteiger partial charge in [-0.05, 0) is 13.3 Å². The van der Waals surface area contributed by atoms with Crippen molar-refractivity contribution in [1.82, 2.24) is 0 Å². The monoisotopic (exact) mass is 209 g/mol. The van der Waals surface area contributed by atoms with E-state index < -0.39 is 13.9 Å². The number of carbonyl (C=O) groups excluding carboxylic acids is 1. The first-order valence-electron chi connectivity index (χ1n) is 4.22. The summed E-state index contributed by atoms with van der Waals surface area (Å²) in [5.74, 6) is -0.472. The predicted molar refractivity (Wildman–Crippen MR) is 47.2 cm³/mol. The van der Waals surface area contributed by atoms with Gasteiger partial charge in [0.05, 0.1) is 19.8 Å². The average molecular weight is 209 g/mol. The number of hydrogen-bond acceptors (Lipinski definition) is 5. The molecule has 1 heterocycles. The van der Waals surface area contributed by atoms with Crippen LogP contribution < -0.4 is 0 Å². The third-order valence-electron chi connectivity index (χ3n) is 1.51. The molecule has 0 aromatic rings. The van der Waals surface area contributed by atoms with Crippen LogP contribution >= 0.6 is 7.94 Å². The van der Waals surface area contributed by atoms with E-state index in [-0.39, 0.29) is 6.16 Å². The zero-order valence-corrected chi connectivity index (χ0v) is 8.46. The van der Waals surface area contributed by atoms with E-state index in [0.29, 0.717) is 19.8 Å². The molecule has 6 heteroatoms. The van der Waals surface area contributed by atoms with Crippen molar-refractivity contribution in [2.24, 2.45) is 0 Å². The third-order valence-corrected chi connectivity index (χ3v) is 3.34. The molecule has 0 spiro atoms. The van der Waals surface area contributed by atoms with Crippen LogP contribution in [0.2, 0.25) is 0 Å². The summed E-state index contributed by atoms with van der Waals surface area (Å²) in [5, 5.41) is 0. The summed E-state index contributed by atoms with van der Waals surface area (Å²) in [5.41, 5.74) is 0. The standard InChI is InChI=1S/C7H14O5P/c1-2-10-7(8)6-13(9)11-4-3-5-12-13/h9H,2-6H2,1H3. The van der Waals surface area contributed by atoms with Crippen LogP contribution in [0.3, 0.4) is 0 Å². The molecule has 0 aliphatic carbocycles. The minimum atomic E-state index is -2.92. The molecule has 1 rings (SSSR count). The molecule has 1 radical (unpaired) electrons. The van der Waals surface area contributed by atoms with Gasteiger partial charge in [0, 0.05) is 0 Å². The van der Waals surface area contributed by atoms with Crippen molar-refractivity contribution in [2.45, 2.75) is 13.3 Å². The summed E-state index contributed by atoms with van der Waals surface area (Å²) in [7, 11) is -2.92. The average Bonchev–Trinajstić information content (AvgIpc) is 2.04. The highest BCUT2D eigenvalue weighted by Gasteiger charge is 2.33. The molecular formula is C7H14O5P. The Labute approximate surface area is 77.6 Å². The largest absolute Gasteiger partial charge is 0.466 e. The van der Waals surface area contributed by atoms with Crippen molar-refractivity contribution in [1.29, 1.82) is 0 Å². The second-order valence-electron chi connectivity index (χ2n) is 2.62. The van der Waals surface area contributed by atoms with Gasteiger partial charge in [-0.1, -0.05) is 0 Å². The number of rotatable bonds is 3. The maximum atomic E-state index is 11.0. The van der Waals surface area contributed by atoms with Crippen molar-refractivity contribution in [3.63, 3.8) is 0 Å². The molecule has 1 saturated heterocycles. The van der Waals surface area contributed by atoms with E-state index in [0.717, 1.165) is 6.42 Å². The van der Waals surface area contributed by atoms with Gasteiger partial charge in [0.2, 0.25) is 7.94 Å². The Kier molecular flexibility index (Phi) is 4.06. The maximum Gasteiger partial charge on any atom is 0.316 e. The Morgan fingerprint density at radius 3 is 2.69 bits per heavy atom. The topological polar surface area (TPSA) is 65.0 Å². The summed E-state index contributed by atoms with van der Waals surface area (Å²) in [6.45, 7) is 2.91. The summed E-state index contributed by atoms with van der Waals surface area (Å²) in [4.78, 5) is 20.6. The van der Waals surface area contributed by atoms with Crippen molar-refractivity contribution in [3.05, 3.63) is 0 Å². The molecule has 0 unspecified atom stereocenters. The fourth-order valence-electron chi connectivity index (χ4n) is 0.972. The molecule has 0 amide bonds. The molecule has 1 N–H and O–H groups in total. The van der Waals surface area contributed by atoms with Gasteiger partial charge in [0.25, 0.3) is 0 Å². The Morgan fingerprint density at radius 1 is 1.54 bits per heavy atom. The van der Waals surface area contributed by atoms with Crippen molar-refractivity contribution in [3.8, 4) is 0 Å². The number of carbonyl (C=O) groups is 1. The van der Waals surface area contributed by atoms with Crippen LogP contribution in [0.1, 0.15) is 13.3 Å². The van der Waals surface area contributed by atoms with E-state index in [1.165, 1.54) is 0 Å². The lowest BCUT2D eigenvalue weighted by Crippen LogP contribution is -2.21. The Hall–Kier alpha value is -0.220. The molecule has 0 atom stereocenters. The van der Waals surface area contributed by atoms with E-state index in [9.17, 15) is 9.69 Å². The zero-order chi connectivity index (χ0) is 9.73. The van der Waals surface area contributed by atoms with Gasteiger partial charge >= 0.3 is 5.97 Å². The molecule has 0 aromatic carbocycles. The fraction of sp³-hybridized carbons (Fsp3) is 0.857. The molecule has 1 fully saturated rings. The molecule has 0 bridgehead atoms. The second-order valence-corrected chi connectivity index (χ2v) is 4.73. The SMILES string of the molecule is CCOC(=O)C[P]1(O)OCCCO1. The lowest BCUT2D eigenvalue weighted by Gasteiger charge is -2.31. The molecular weight excluding hydrogens is 195 g/mol. The van der Waals surface area contributed by atoms with Crippen molar-refractivity contribution in [2.75, 3.05) is 26.0 Å². The Morgan fingerprint density at radius 2 is 2.15 bits per heavy atom. The first-order valence-corrected chi connectivity index (χ1v) is 5.98. The van der Waals surface area contributed by atoms with E-state index in [1.807, 2.05) is 0 Å². The Balaban J connectivity index is 2.36. The van der Waals surface area contributed by atoms with Gasteiger partial charge in [0.15, 0.2) is 0 Å². The van der Waals surface area contributed by atoms with Crippen molar-refractivity contribution >= 4 is 13.9 Å². The lowest BCUT2D eigenvalue weighted by atomic mass is 10.5. The van der Waals surface area contributed by atoms with E-state index in [4.69, 9.17) is 9.05 Å². The van der Waals surface area contributed by atoms with Crippen LogP contribution in [-0.4, -0.2) is 36.8 Å². The minimum Gasteiger partial charge on any atom is -0.466 e. The minimum absolute atomic E-state index is 0.166. The highest BCUT2D eigenvalue weighted by Crippen LogP contribution is 2.58. The highest BCUT2D eigenvalue weighted by molar-refractivity contribution is 7.61. The van der Waals surface area contributed by atoms with Crippen LogP contribution in [0.25, 0.3) is 0 Å². The maximum absolute atomic E-state index is 11.0. The molecule has 0 saturated carbocycles. The van der Waals surface area contributed by atoms with E-state index in [2.05, 4.69) is 4.74 Å². The van der Waals surface area contributed by atoms with Crippen LogP contribution in [0.5, 0.6) is 0 Å². The third kappa shape index (κ3) is 3.56. The first-order chi connectivity index (χ1) is 6.16. The Bertz CT molecular complexity index is 178. The van der Waals surface area contributed by atoms with Crippen LogP contribution in [0.4, 0.5) is 0 Å². The quantitative estimate of drug-likeness (QED) is 0.548. The molecule has 1 aliphatic heterocycles. The second kappa shape index (κ2) is 4.86.